The summed E-state index contributed by atoms with van der Waals surface area (Å²) in [5.74, 6) is -3.10. The van der Waals surface area contributed by atoms with E-state index in [1.54, 1.807) is 41.3 Å². The summed E-state index contributed by atoms with van der Waals surface area (Å²) in [7, 11) is 0. The molecule has 12 heteroatoms. The van der Waals surface area contributed by atoms with E-state index in [0.29, 0.717) is 30.4 Å². The number of hydrogen-bond donors (Lipinski definition) is 2. The smallest absolute Gasteiger partial charge is 0.414 e. The Balaban J connectivity index is 0.000000569. The van der Waals surface area contributed by atoms with Crippen molar-refractivity contribution in [2.75, 3.05) is 32.8 Å². The normalized spacial score (nSPS) is 13.4. The minimum Gasteiger partial charge on any atom is -0.484 e. The minimum atomic E-state index is -1.82. The molecule has 1 amide bonds. The summed E-state index contributed by atoms with van der Waals surface area (Å²) >= 11 is 5.82. The number of nitro groups is 1. The predicted octanol–water partition coefficient (Wildman–Crippen LogP) is 2.13. The minimum absolute atomic E-state index is 0.00743. The summed E-state index contributed by atoms with van der Waals surface area (Å²) in [6.45, 7) is 3.28. The van der Waals surface area contributed by atoms with Crippen LogP contribution in [0, 0.1) is 10.1 Å². The molecular weight excluding hydrogens is 458 g/mol. The lowest BCUT2D eigenvalue weighted by Crippen LogP contribution is -2.49. The molecule has 1 fully saturated rings. The van der Waals surface area contributed by atoms with Gasteiger partial charge in [-0.25, -0.2) is 9.59 Å². The molecule has 0 spiro atoms. The van der Waals surface area contributed by atoms with Gasteiger partial charge in [0, 0.05) is 49.9 Å². The van der Waals surface area contributed by atoms with Crippen LogP contribution in [0.4, 0.5) is 5.69 Å². The topological polar surface area (TPSA) is 151 Å². The Morgan fingerprint density at radius 1 is 1.00 bits per heavy atom. The average molecular weight is 480 g/mol. The van der Waals surface area contributed by atoms with E-state index in [4.69, 9.17) is 36.1 Å². The number of carbonyl (C=O) groups excluding carboxylic acids is 1. The Hall–Kier alpha value is -3.70. The van der Waals surface area contributed by atoms with Crippen LogP contribution < -0.4 is 4.74 Å². The van der Waals surface area contributed by atoms with Crippen LogP contribution in [-0.2, 0) is 20.9 Å². The van der Waals surface area contributed by atoms with Gasteiger partial charge in [-0.05, 0) is 29.8 Å². The fourth-order valence-corrected chi connectivity index (χ4v) is 3.08. The first-order chi connectivity index (χ1) is 15.7. The molecule has 3 rings (SSSR count). The van der Waals surface area contributed by atoms with E-state index in [0.717, 1.165) is 18.7 Å². The zero-order valence-electron chi connectivity index (χ0n) is 17.4. The Morgan fingerprint density at radius 3 is 2.15 bits per heavy atom. The number of carbonyl (C=O) groups is 3. The van der Waals surface area contributed by atoms with Gasteiger partial charge in [0.05, 0.1) is 4.92 Å². The van der Waals surface area contributed by atoms with Gasteiger partial charge in [-0.3, -0.25) is 19.8 Å². The van der Waals surface area contributed by atoms with Gasteiger partial charge < -0.3 is 19.8 Å². The molecule has 0 bridgehead atoms. The molecule has 11 nitrogen and oxygen atoms in total. The number of carboxylic acids is 2. The molecule has 1 aliphatic rings. The molecular formula is C21H22ClN3O8. The Kier molecular flexibility index (Phi) is 9.58. The molecule has 0 atom stereocenters. The molecule has 0 aliphatic carbocycles. The maximum absolute atomic E-state index is 12.3. The highest BCUT2D eigenvalue weighted by Crippen LogP contribution is 2.17. The monoisotopic (exact) mass is 479 g/mol. The fraction of sp³-hybridized carbons (Fsp3) is 0.286. The van der Waals surface area contributed by atoms with Crippen molar-refractivity contribution in [1.29, 1.82) is 0 Å². The third-order valence-corrected chi connectivity index (χ3v) is 4.86. The van der Waals surface area contributed by atoms with E-state index in [9.17, 15) is 14.9 Å². The summed E-state index contributed by atoms with van der Waals surface area (Å²) in [6, 6.07) is 13.5. The van der Waals surface area contributed by atoms with Crippen molar-refractivity contribution in [1.82, 2.24) is 9.80 Å². The third kappa shape index (κ3) is 8.75. The van der Waals surface area contributed by atoms with E-state index in [1.165, 1.54) is 6.07 Å². The van der Waals surface area contributed by atoms with Crippen molar-refractivity contribution in [3.63, 3.8) is 0 Å². The lowest BCUT2D eigenvalue weighted by Gasteiger charge is -2.34. The van der Waals surface area contributed by atoms with E-state index < -0.39 is 11.9 Å². The molecule has 2 aromatic carbocycles. The van der Waals surface area contributed by atoms with E-state index in [2.05, 4.69) is 4.90 Å². The van der Waals surface area contributed by atoms with Crippen molar-refractivity contribution in [3.8, 4) is 5.75 Å². The number of hydrogen-bond acceptors (Lipinski definition) is 7. The number of ether oxygens (including phenoxy) is 1. The predicted molar refractivity (Wildman–Crippen MR) is 117 cm³/mol. The lowest BCUT2D eigenvalue weighted by atomic mass is 10.1. The number of rotatable bonds is 6. The van der Waals surface area contributed by atoms with Crippen molar-refractivity contribution in [2.24, 2.45) is 0 Å². The second-order valence-electron chi connectivity index (χ2n) is 6.94. The zero-order chi connectivity index (χ0) is 24.4. The molecule has 0 saturated carbocycles. The second-order valence-corrected chi connectivity index (χ2v) is 7.37. The van der Waals surface area contributed by atoms with Crippen LogP contribution in [0.1, 0.15) is 5.56 Å². The van der Waals surface area contributed by atoms with Crippen LogP contribution in [0.25, 0.3) is 0 Å². The molecule has 33 heavy (non-hydrogen) atoms. The van der Waals surface area contributed by atoms with Crippen LogP contribution in [0.15, 0.2) is 48.5 Å². The fourth-order valence-electron chi connectivity index (χ4n) is 2.95. The van der Waals surface area contributed by atoms with Gasteiger partial charge in [0.2, 0.25) is 0 Å². The van der Waals surface area contributed by atoms with Gasteiger partial charge in [0.25, 0.3) is 11.6 Å². The first-order valence-corrected chi connectivity index (χ1v) is 10.1. The van der Waals surface area contributed by atoms with Crippen LogP contribution in [0.2, 0.25) is 5.02 Å². The van der Waals surface area contributed by atoms with Crippen LogP contribution >= 0.6 is 11.6 Å². The number of carboxylic acid groups (broad SMARTS) is 2. The Morgan fingerprint density at radius 2 is 1.61 bits per heavy atom. The second kappa shape index (κ2) is 12.4. The quantitative estimate of drug-likeness (QED) is 0.360. The van der Waals surface area contributed by atoms with Gasteiger partial charge in [-0.15, -0.1) is 0 Å². The van der Waals surface area contributed by atoms with Gasteiger partial charge in [-0.1, -0.05) is 23.7 Å². The highest BCUT2D eigenvalue weighted by Gasteiger charge is 2.21. The first kappa shape index (κ1) is 25.6. The molecule has 0 radical (unpaired) electrons. The summed E-state index contributed by atoms with van der Waals surface area (Å²) in [5, 5.41) is 26.3. The number of non-ortho nitro benzene ring substituents is 1. The molecule has 1 heterocycles. The number of nitro benzene ring substituents is 1. The lowest BCUT2D eigenvalue weighted by molar-refractivity contribution is -0.384. The van der Waals surface area contributed by atoms with E-state index >= 15 is 0 Å². The Labute approximate surface area is 193 Å². The maximum atomic E-state index is 12.3. The standard InChI is InChI=1S/C19H20ClN3O4.C2H2O4/c20-16-4-6-18(7-5-16)27-14-19(24)22-10-8-21(9-11-22)13-15-2-1-3-17(12-15)23(25)26;3-1(4)2(5)6/h1-7,12H,8-11,13-14H2;(H,3,4)(H,5,6). The number of nitrogens with zero attached hydrogens (tertiary/aromatic N) is 3. The van der Waals surface area contributed by atoms with Gasteiger partial charge in [0.15, 0.2) is 6.61 Å². The molecule has 0 aromatic heterocycles. The number of benzene rings is 2. The van der Waals surface area contributed by atoms with Crippen molar-refractivity contribution < 1.29 is 34.3 Å². The zero-order valence-corrected chi connectivity index (χ0v) is 18.2. The molecule has 0 unspecified atom stereocenters. The number of halogens is 1. The highest BCUT2D eigenvalue weighted by molar-refractivity contribution is 6.30. The molecule has 1 aliphatic heterocycles. The summed E-state index contributed by atoms with van der Waals surface area (Å²) < 4.78 is 5.51. The van der Waals surface area contributed by atoms with Crippen LogP contribution in [0.5, 0.6) is 5.75 Å². The number of aliphatic carboxylic acids is 2. The molecule has 2 N–H and O–H groups in total. The van der Waals surface area contributed by atoms with Crippen LogP contribution in [-0.4, -0.2) is 75.6 Å². The molecule has 2 aromatic rings. The average Bonchev–Trinajstić information content (AvgIpc) is 2.79. The summed E-state index contributed by atoms with van der Waals surface area (Å²) in [6.07, 6.45) is 0. The number of piperazine rings is 1. The number of amides is 1. The maximum Gasteiger partial charge on any atom is 0.414 e. The van der Waals surface area contributed by atoms with Crippen molar-refractivity contribution in [3.05, 3.63) is 69.2 Å². The van der Waals surface area contributed by atoms with E-state index in [1.807, 2.05) is 6.07 Å². The van der Waals surface area contributed by atoms with Gasteiger partial charge in [-0.2, -0.15) is 0 Å². The van der Waals surface area contributed by atoms with Crippen molar-refractivity contribution >= 4 is 35.1 Å². The largest absolute Gasteiger partial charge is 0.484 e. The van der Waals surface area contributed by atoms with Crippen LogP contribution in [0.3, 0.4) is 0 Å². The van der Waals surface area contributed by atoms with E-state index in [-0.39, 0.29) is 23.1 Å². The van der Waals surface area contributed by atoms with Gasteiger partial charge in [0.1, 0.15) is 5.75 Å². The SMILES string of the molecule is O=C(COc1ccc(Cl)cc1)N1CCN(Cc2cccc([N+](=O)[O-])c2)CC1.O=C(O)C(=O)O. The molecule has 176 valence electrons. The van der Waals surface area contributed by atoms with Crippen molar-refractivity contribution in [2.45, 2.75) is 6.54 Å². The first-order valence-electron chi connectivity index (χ1n) is 9.73. The Bertz CT molecular complexity index is 979. The third-order valence-electron chi connectivity index (χ3n) is 4.61. The highest BCUT2D eigenvalue weighted by atomic mass is 35.5. The van der Waals surface area contributed by atoms with Gasteiger partial charge >= 0.3 is 11.9 Å². The molecule has 1 saturated heterocycles. The summed E-state index contributed by atoms with van der Waals surface area (Å²) in [4.78, 5) is 44.9. The summed E-state index contributed by atoms with van der Waals surface area (Å²) in [5.41, 5.74) is 0.996.